The molecule has 1 N–H and O–H groups in total. The van der Waals surface area contributed by atoms with Gasteiger partial charge in [-0.2, -0.15) is 0 Å². The van der Waals surface area contributed by atoms with Crippen LogP contribution in [0.1, 0.15) is 22.4 Å². The SMILES string of the molecule is CNCc1cn(Cc2c(C)cccc2C)nn1. The normalized spacial score (nSPS) is 10.8. The maximum atomic E-state index is 4.14. The van der Waals surface area contributed by atoms with Crippen LogP contribution in [0.5, 0.6) is 0 Å². The topological polar surface area (TPSA) is 42.7 Å². The first kappa shape index (κ1) is 11.8. The Balaban J connectivity index is 2.19. The van der Waals surface area contributed by atoms with Gasteiger partial charge in [-0.15, -0.1) is 5.10 Å². The molecule has 0 radical (unpaired) electrons. The Hall–Kier alpha value is -1.68. The van der Waals surface area contributed by atoms with E-state index in [2.05, 4.69) is 47.7 Å². The van der Waals surface area contributed by atoms with Crippen LogP contribution in [0.15, 0.2) is 24.4 Å². The summed E-state index contributed by atoms with van der Waals surface area (Å²) in [5, 5.41) is 11.3. The van der Waals surface area contributed by atoms with E-state index < -0.39 is 0 Å². The van der Waals surface area contributed by atoms with Gasteiger partial charge in [0.05, 0.1) is 18.4 Å². The summed E-state index contributed by atoms with van der Waals surface area (Å²) in [5.74, 6) is 0. The van der Waals surface area contributed by atoms with Crippen molar-refractivity contribution in [3.05, 3.63) is 46.8 Å². The van der Waals surface area contributed by atoms with Gasteiger partial charge in [-0.3, -0.25) is 0 Å². The first-order valence-electron chi connectivity index (χ1n) is 5.79. The average Bonchev–Trinajstić information content (AvgIpc) is 2.72. The van der Waals surface area contributed by atoms with Gasteiger partial charge in [0, 0.05) is 6.54 Å². The Morgan fingerprint density at radius 2 is 1.94 bits per heavy atom. The Morgan fingerprint density at radius 1 is 1.24 bits per heavy atom. The van der Waals surface area contributed by atoms with E-state index in [0.29, 0.717) is 0 Å². The van der Waals surface area contributed by atoms with Gasteiger partial charge in [0.1, 0.15) is 0 Å². The second-order valence-electron chi connectivity index (χ2n) is 4.31. The molecule has 0 unspecified atom stereocenters. The third-order valence-electron chi connectivity index (χ3n) is 2.91. The maximum Gasteiger partial charge on any atom is 0.0964 e. The molecule has 4 heteroatoms. The molecule has 1 aromatic carbocycles. The molecule has 1 aromatic heterocycles. The molecule has 17 heavy (non-hydrogen) atoms. The van der Waals surface area contributed by atoms with Crippen molar-refractivity contribution < 1.29 is 0 Å². The molecular weight excluding hydrogens is 212 g/mol. The van der Waals surface area contributed by atoms with E-state index in [0.717, 1.165) is 18.8 Å². The molecular formula is C13H18N4. The van der Waals surface area contributed by atoms with Crippen molar-refractivity contribution in [1.82, 2.24) is 20.3 Å². The quantitative estimate of drug-likeness (QED) is 0.868. The zero-order valence-corrected chi connectivity index (χ0v) is 10.6. The van der Waals surface area contributed by atoms with Crippen molar-refractivity contribution in [2.75, 3.05) is 7.05 Å². The van der Waals surface area contributed by atoms with Gasteiger partial charge < -0.3 is 5.32 Å². The minimum Gasteiger partial charge on any atom is -0.314 e. The number of rotatable bonds is 4. The number of nitrogens with zero attached hydrogens (tertiary/aromatic N) is 3. The van der Waals surface area contributed by atoms with Crippen LogP contribution >= 0.6 is 0 Å². The minimum atomic E-state index is 0.757. The number of nitrogens with one attached hydrogen (secondary N) is 1. The van der Waals surface area contributed by atoms with Gasteiger partial charge in [-0.1, -0.05) is 23.4 Å². The molecule has 0 aliphatic carbocycles. The lowest BCUT2D eigenvalue weighted by Gasteiger charge is -2.08. The summed E-state index contributed by atoms with van der Waals surface area (Å²) in [4.78, 5) is 0. The van der Waals surface area contributed by atoms with Gasteiger partial charge in [0.2, 0.25) is 0 Å². The molecule has 0 amide bonds. The van der Waals surface area contributed by atoms with Crippen molar-refractivity contribution in [3.63, 3.8) is 0 Å². The molecule has 90 valence electrons. The number of aromatic nitrogens is 3. The predicted molar refractivity (Wildman–Crippen MR) is 67.8 cm³/mol. The van der Waals surface area contributed by atoms with E-state index in [1.54, 1.807) is 0 Å². The summed E-state index contributed by atoms with van der Waals surface area (Å²) in [6, 6.07) is 6.35. The van der Waals surface area contributed by atoms with Crippen LogP contribution in [-0.2, 0) is 13.1 Å². The third-order valence-corrected chi connectivity index (χ3v) is 2.91. The highest BCUT2D eigenvalue weighted by Gasteiger charge is 2.05. The van der Waals surface area contributed by atoms with Crippen molar-refractivity contribution in [1.29, 1.82) is 0 Å². The molecule has 1 heterocycles. The van der Waals surface area contributed by atoms with Gasteiger partial charge in [-0.05, 0) is 37.6 Å². The largest absolute Gasteiger partial charge is 0.314 e. The Bertz CT molecular complexity index is 482. The van der Waals surface area contributed by atoms with Crippen molar-refractivity contribution in [2.24, 2.45) is 0 Å². The zero-order valence-electron chi connectivity index (χ0n) is 10.6. The number of benzene rings is 1. The Kier molecular flexibility index (Phi) is 3.54. The molecule has 0 bridgehead atoms. The lowest BCUT2D eigenvalue weighted by Crippen LogP contribution is -2.05. The van der Waals surface area contributed by atoms with E-state index in [9.17, 15) is 0 Å². The van der Waals surface area contributed by atoms with Crippen LogP contribution in [0.3, 0.4) is 0 Å². The molecule has 2 aromatic rings. The van der Waals surface area contributed by atoms with E-state index in [1.165, 1.54) is 16.7 Å². The Labute approximate surface area is 102 Å². The summed E-state index contributed by atoms with van der Waals surface area (Å²) in [5.41, 5.74) is 4.90. The van der Waals surface area contributed by atoms with Crippen molar-refractivity contribution in [2.45, 2.75) is 26.9 Å². The zero-order chi connectivity index (χ0) is 12.3. The Morgan fingerprint density at radius 3 is 2.59 bits per heavy atom. The number of aryl methyl sites for hydroxylation is 2. The molecule has 0 aliphatic heterocycles. The smallest absolute Gasteiger partial charge is 0.0964 e. The van der Waals surface area contributed by atoms with Crippen LogP contribution in [0.4, 0.5) is 0 Å². The monoisotopic (exact) mass is 230 g/mol. The molecule has 0 saturated carbocycles. The van der Waals surface area contributed by atoms with Crippen LogP contribution in [0, 0.1) is 13.8 Å². The lowest BCUT2D eigenvalue weighted by atomic mass is 10.0. The predicted octanol–water partition coefficient (Wildman–Crippen LogP) is 1.66. The molecule has 0 spiro atoms. The highest BCUT2D eigenvalue weighted by atomic mass is 15.4. The maximum absolute atomic E-state index is 4.14. The summed E-state index contributed by atoms with van der Waals surface area (Å²) in [7, 11) is 1.91. The highest BCUT2D eigenvalue weighted by molar-refractivity contribution is 5.33. The second kappa shape index (κ2) is 5.10. The number of hydrogen-bond acceptors (Lipinski definition) is 3. The summed E-state index contributed by atoms with van der Waals surface area (Å²) in [6.07, 6.45) is 1.99. The van der Waals surface area contributed by atoms with E-state index in [1.807, 2.05) is 17.9 Å². The number of hydrogen-bond donors (Lipinski definition) is 1. The fourth-order valence-corrected chi connectivity index (χ4v) is 1.94. The van der Waals surface area contributed by atoms with Crippen molar-refractivity contribution in [3.8, 4) is 0 Å². The average molecular weight is 230 g/mol. The van der Waals surface area contributed by atoms with Crippen LogP contribution in [-0.4, -0.2) is 22.0 Å². The third kappa shape index (κ3) is 2.71. The summed E-state index contributed by atoms with van der Waals surface area (Å²) >= 11 is 0. The fraction of sp³-hybridized carbons (Fsp3) is 0.385. The van der Waals surface area contributed by atoms with Gasteiger partial charge in [-0.25, -0.2) is 4.68 Å². The summed E-state index contributed by atoms with van der Waals surface area (Å²) < 4.78 is 1.89. The van der Waals surface area contributed by atoms with Gasteiger partial charge in [0.15, 0.2) is 0 Å². The second-order valence-corrected chi connectivity index (χ2v) is 4.31. The van der Waals surface area contributed by atoms with Crippen LogP contribution in [0.2, 0.25) is 0 Å². The fourth-order valence-electron chi connectivity index (χ4n) is 1.94. The molecule has 4 nitrogen and oxygen atoms in total. The molecule has 0 saturated heterocycles. The first-order chi connectivity index (χ1) is 8.20. The van der Waals surface area contributed by atoms with Gasteiger partial charge >= 0.3 is 0 Å². The van der Waals surface area contributed by atoms with E-state index in [4.69, 9.17) is 0 Å². The molecule has 0 atom stereocenters. The van der Waals surface area contributed by atoms with Crippen LogP contribution < -0.4 is 5.32 Å². The highest BCUT2D eigenvalue weighted by Crippen LogP contribution is 2.14. The molecule has 0 aliphatic rings. The first-order valence-corrected chi connectivity index (χ1v) is 5.79. The molecule has 0 fully saturated rings. The lowest BCUT2D eigenvalue weighted by molar-refractivity contribution is 0.644. The molecule has 2 rings (SSSR count). The minimum absolute atomic E-state index is 0.757. The van der Waals surface area contributed by atoms with Crippen molar-refractivity contribution >= 4 is 0 Å². The summed E-state index contributed by atoms with van der Waals surface area (Å²) in [6.45, 7) is 5.81. The van der Waals surface area contributed by atoms with E-state index >= 15 is 0 Å². The van der Waals surface area contributed by atoms with E-state index in [-0.39, 0.29) is 0 Å². The van der Waals surface area contributed by atoms with Gasteiger partial charge in [0.25, 0.3) is 0 Å². The standard InChI is InChI=1S/C13H18N4/c1-10-5-4-6-11(2)13(10)9-17-8-12(7-14-3)15-16-17/h4-6,8,14H,7,9H2,1-3H3. The van der Waals surface area contributed by atoms with Crippen LogP contribution in [0.25, 0.3) is 0 Å².